The minimum Gasteiger partial charge on any atom is -0.469 e. The lowest BCUT2D eigenvalue weighted by Crippen LogP contribution is -2.61. The van der Waals surface area contributed by atoms with E-state index >= 15 is 0 Å². The van der Waals surface area contributed by atoms with E-state index in [1.165, 1.54) is 13.4 Å². The van der Waals surface area contributed by atoms with Crippen LogP contribution in [-0.2, 0) is 42.9 Å². The molecule has 1 aromatic heterocycles. The average Bonchev–Trinajstić information content (AvgIpc) is 3.33. The zero-order valence-electron chi connectivity index (χ0n) is 21.2. The molecule has 1 saturated heterocycles. The van der Waals surface area contributed by atoms with E-state index in [2.05, 4.69) is 16.6 Å². The normalized spacial score (nSPS) is 32.5. The molecule has 1 aliphatic heterocycles. The Hall–Kier alpha value is -3.61. The maximum atomic E-state index is 13.9. The maximum Gasteiger partial charge on any atom is 0.317 e. The van der Waals surface area contributed by atoms with Crippen LogP contribution in [0, 0.1) is 40.9 Å². The number of hydrogen-bond donors (Lipinski definition) is 0. The van der Waals surface area contributed by atoms with Crippen LogP contribution in [0.5, 0.6) is 0 Å². The number of hydrogen-bond acceptors (Lipinski definition) is 10. The van der Waals surface area contributed by atoms with Crippen molar-refractivity contribution in [2.45, 2.75) is 58.2 Å². The van der Waals surface area contributed by atoms with Gasteiger partial charge in [-0.3, -0.25) is 24.0 Å². The largest absolute Gasteiger partial charge is 0.469 e. The van der Waals surface area contributed by atoms with Crippen molar-refractivity contribution in [2.75, 3.05) is 14.2 Å². The second-order valence-electron chi connectivity index (χ2n) is 9.98. The Bertz CT molecular complexity index is 1170. The Morgan fingerprint density at radius 3 is 2.57 bits per heavy atom. The van der Waals surface area contributed by atoms with Crippen LogP contribution in [0.4, 0.5) is 0 Å². The fourth-order valence-electron chi connectivity index (χ4n) is 6.38. The van der Waals surface area contributed by atoms with Crippen molar-refractivity contribution in [1.82, 2.24) is 0 Å². The summed E-state index contributed by atoms with van der Waals surface area (Å²) in [6.07, 6.45) is -0.00809. The topological polar surface area (TPSA) is 135 Å². The molecular weight excluding hydrogens is 484 g/mol. The number of Topliss-reactive ketones (excluding diaryl/α,β-unsaturated/α-hetero) is 1. The molecule has 4 rings (SSSR count). The third kappa shape index (κ3) is 4.75. The number of esters is 4. The molecule has 37 heavy (non-hydrogen) atoms. The SMILES string of the molecule is CC#Cc1occc1[C@@H]1C[C@@H]2[C@H]3C(=O)[C@@H](OC(=O)CC(=O)OC)C[C@@H](C(=O)OC)[C@]3(C)CC[C@H]2C(=O)O1. The van der Waals surface area contributed by atoms with Gasteiger partial charge in [-0.2, -0.15) is 0 Å². The van der Waals surface area contributed by atoms with Gasteiger partial charge in [0, 0.05) is 17.9 Å². The van der Waals surface area contributed by atoms with Crippen LogP contribution in [0.1, 0.15) is 63.4 Å². The minimum atomic E-state index is -1.26. The molecule has 10 heteroatoms. The van der Waals surface area contributed by atoms with Gasteiger partial charge in [0.2, 0.25) is 0 Å². The molecular formula is C27H30O10. The summed E-state index contributed by atoms with van der Waals surface area (Å²) >= 11 is 0. The lowest BCUT2D eigenvalue weighted by molar-refractivity contribution is -0.195. The molecule has 1 aromatic rings. The lowest BCUT2D eigenvalue weighted by Gasteiger charge is -2.56. The predicted octanol–water partition coefficient (Wildman–Crippen LogP) is 2.52. The highest BCUT2D eigenvalue weighted by Gasteiger charge is 2.63. The quantitative estimate of drug-likeness (QED) is 0.250. The van der Waals surface area contributed by atoms with Gasteiger partial charge < -0.3 is 23.4 Å². The second kappa shape index (κ2) is 10.4. The van der Waals surface area contributed by atoms with Gasteiger partial charge in [0.1, 0.15) is 12.5 Å². The molecule has 0 N–H and O–H groups in total. The third-order valence-corrected chi connectivity index (χ3v) is 8.12. The highest BCUT2D eigenvalue weighted by atomic mass is 16.6. The highest BCUT2D eigenvalue weighted by molar-refractivity contribution is 5.95. The molecule has 3 fully saturated rings. The molecule has 198 valence electrons. The van der Waals surface area contributed by atoms with Crippen LogP contribution in [-0.4, -0.2) is 50.0 Å². The molecule has 2 saturated carbocycles. The first-order valence-electron chi connectivity index (χ1n) is 12.2. The zero-order chi connectivity index (χ0) is 26.9. The van der Waals surface area contributed by atoms with E-state index in [0.29, 0.717) is 30.6 Å². The van der Waals surface area contributed by atoms with Gasteiger partial charge in [0.15, 0.2) is 17.6 Å². The Morgan fingerprint density at radius 2 is 1.89 bits per heavy atom. The molecule has 2 aliphatic carbocycles. The average molecular weight is 515 g/mol. The Labute approximate surface area is 214 Å². The van der Waals surface area contributed by atoms with E-state index in [1.54, 1.807) is 13.0 Å². The summed E-state index contributed by atoms with van der Waals surface area (Å²) < 4.78 is 26.2. The molecule has 3 aliphatic rings. The van der Waals surface area contributed by atoms with Crippen LogP contribution in [0.15, 0.2) is 16.7 Å². The fraction of sp³-hybridized carbons (Fsp3) is 0.593. The number of fused-ring (bicyclic) bond motifs is 3. The van der Waals surface area contributed by atoms with Crippen LogP contribution >= 0.6 is 0 Å². The Kier molecular flexibility index (Phi) is 7.44. The number of cyclic esters (lactones) is 1. The summed E-state index contributed by atoms with van der Waals surface area (Å²) in [6.45, 7) is 3.53. The maximum absolute atomic E-state index is 13.9. The van der Waals surface area contributed by atoms with Crippen LogP contribution in [0.2, 0.25) is 0 Å². The number of furan rings is 1. The lowest BCUT2D eigenvalue weighted by atomic mass is 9.48. The van der Waals surface area contributed by atoms with Gasteiger partial charge >= 0.3 is 23.9 Å². The Morgan fingerprint density at radius 1 is 1.14 bits per heavy atom. The third-order valence-electron chi connectivity index (χ3n) is 8.12. The van der Waals surface area contributed by atoms with Crippen molar-refractivity contribution in [3.8, 4) is 11.8 Å². The van der Waals surface area contributed by atoms with Crippen LogP contribution in [0.3, 0.4) is 0 Å². The number of methoxy groups -OCH3 is 2. The van der Waals surface area contributed by atoms with E-state index < -0.39 is 71.6 Å². The van der Waals surface area contributed by atoms with Gasteiger partial charge in [-0.1, -0.05) is 12.8 Å². The fourth-order valence-corrected chi connectivity index (χ4v) is 6.38. The monoisotopic (exact) mass is 514 g/mol. The van der Waals surface area contributed by atoms with E-state index in [0.717, 1.165) is 7.11 Å². The zero-order valence-corrected chi connectivity index (χ0v) is 21.2. The van der Waals surface area contributed by atoms with Gasteiger partial charge in [0.25, 0.3) is 0 Å². The minimum absolute atomic E-state index is 0.0609. The summed E-state index contributed by atoms with van der Waals surface area (Å²) in [6, 6.07) is 1.69. The van der Waals surface area contributed by atoms with Gasteiger partial charge in [-0.25, -0.2) is 0 Å². The molecule has 2 heterocycles. The Balaban J connectivity index is 1.69. The van der Waals surface area contributed by atoms with Crippen LogP contribution < -0.4 is 0 Å². The van der Waals surface area contributed by atoms with Crippen molar-refractivity contribution in [2.24, 2.45) is 29.1 Å². The number of ketones is 1. The molecule has 0 radical (unpaired) electrons. The molecule has 0 aromatic carbocycles. The smallest absolute Gasteiger partial charge is 0.317 e. The first kappa shape index (κ1) is 26.5. The highest BCUT2D eigenvalue weighted by Crippen LogP contribution is 2.59. The number of carbonyl (C=O) groups is 5. The molecule has 0 bridgehead atoms. The summed E-state index contributed by atoms with van der Waals surface area (Å²) in [7, 11) is 2.41. The molecule has 0 amide bonds. The van der Waals surface area contributed by atoms with Crippen molar-refractivity contribution in [1.29, 1.82) is 0 Å². The van der Waals surface area contributed by atoms with Gasteiger partial charge in [-0.05, 0) is 49.5 Å². The number of rotatable bonds is 5. The number of carbonyl (C=O) groups excluding carboxylic acids is 5. The van der Waals surface area contributed by atoms with Crippen molar-refractivity contribution in [3.63, 3.8) is 0 Å². The first-order valence-corrected chi connectivity index (χ1v) is 12.2. The van der Waals surface area contributed by atoms with Crippen molar-refractivity contribution in [3.05, 3.63) is 23.7 Å². The van der Waals surface area contributed by atoms with E-state index in [1.807, 2.05) is 6.92 Å². The first-order chi connectivity index (χ1) is 17.6. The van der Waals surface area contributed by atoms with E-state index in [9.17, 15) is 24.0 Å². The molecule has 0 unspecified atom stereocenters. The van der Waals surface area contributed by atoms with Crippen LogP contribution in [0.25, 0.3) is 0 Å². The van der Waals surface area contributed by atoms with Gasteiger partial charge in [-0.15, -0.1) is 0 Å². The summed E-state index contributed by atoms with van der Waals surface area (Å²) in [5, 5.41) is 0. The van der Waals surface area contributed by atoms with Crippen molar-refractivity contribution < 1.29 is 47.3 Å². The molecule has 0 spiro atoms. The summed E-state index contributed by atoms with van der Waals surface area (Å²) in [5.74, 6) is 0.441. The van der Waals surface area contributed by atoms with E-state index in [-0.39, 0.29) is 12.2 Å². The standard InChI is InChI=1S/C27H30O10/c1-5-6-18-15(8-10-35-18)19-11-16-14(25(31)37-19)7-9-27(2)17(26(32)34-4)12-20(24(30)23(16)27)36-22(29)13-21(28)33-3/h8,10,14,16-17,19-20,23H,7,9,11-13H2,1-4H3/t14-,16+,17+,19+,20+,23+,27+/m1/s1. The summed E-state index contributed by atoms with van der Waals surface area (Å²) in [4.78, 5) is 63.9. The predicted molar refractivity (Wildman–Crippen MR) is 124 cm³/mol. The molecule has 7 atom stereocenters. The summed E-state index contributed by atoms with van der Waals surface area (Å²) in [5.41, 5.74) is -0.205. The number of ether oxygens (including phenoxy) is 4. The van der Waals surface area contributed by atoms with E-state index in [4.69, 9.17) is 18.6 Å². The second-order valence-corrected chi connectivity index (χ2v) is 9.98. The molecule has 10 nitrogen and oxygen atoms in total. The van der Waals surface area contributed by atoms with Gasteiger partial charge in [0.05, 0.1) is 32.3 Å². The van der Waals surface area contributed by atoms with Crippen molar-refractivity contribution >= 4 is 29.7 Å².